The van der Waals surface area contributed by atoms with Gasteiger partial charge in [0, 0.05) is 19.3 Å². The SMILES string of the molecule is C.CC(=O)c1cccn(CCN2CCC(C)(C)CC2)c1=O. The topological polar surface area (TPSA) is 42.3 Å². The zero-order valence-electron chi connectivity index (χ0n) is 12.7. The van der Waals surface area contributed by atoms with Crippen LogP contribution in [0.5, 0.6) is 0 Å². The minimum absolute atomic E-state index is 0. The van der Waals surface area contributed by atoms with Crippen LogP contribution in [0.2, 0.25) is 0 Å². The second-order valence-corrected chi connectivity index (χ2v) is 6.48. The minimum atomic E-state index is -0.169. The Morgan fingerprint density at radius 2 is 1.86 bits per heavy atom. The zero-order chi connectivity index (χ0) is 14.8. The number of piperidine rings is 1. The largest absolute Gasteiger partial charge is 0.314 e. The molecule has 118 valence electrons. The molecule has 0 amide bonds. The van der Waals surface area contributed by atoms with Crippen LogP contribution in [0.25, 0.3) is 0 Å². The van der Waals surface area contributed by atoms with E-state index >= 15 is 0 Å². The lowest BCUT2D eigenvalue weighted by atomic mass is 9.83. The summed E-state index contributed by atoms with van der Waals surface area (Å²) in [6.45, 7) is 9.77. The Bertz CT molecular complexity index is 536. The summed E-state index contributed by atoms with van der Waals surface area (Å²) < 4.78 is 1.65. The molecule has 0 unspecified atom stereocenters. The van der Waals surface area contributed by atoms with E-state index in [1.807, 2.05) is 0 Å². The van der Waals surface area contributed by atoms with Gasteiger partial charge in [0.2, 0.25) is 0 Å². The first kappa shape index (κ1) is 17.6. The zero-order valence-corrected chi connectivity index (χ0v) is 12.7. The van der Waals surface area contributed by atoms with E-state index in [0.29, 0.717) is 12.0 Å². The van der Waals surface area contributed by atoms with Crippen molar-refractivity contribution in [3.63, 3.8) is 0 Å². The van der Waals surface area contributed by atoms with Crippen LogP contribution in [0.4, 0.5) is 0 Å². The fourth-order valence-electron chi connectivity index (χ4n) is 2.61. The van der Waals surface area contributed by atoms with Crippen LogP contribution < -0.4 is 5.56 Å². The van der Waals surface area contributed by atoms with Crippen molar-refractivity contribution in [2.24, 2.45) is 5.41 Å². The highest BCUT2D eigenvalue weighted by atomic mass is 16.1. The first-order valence-corrected chi connectivity index (χ1v) is 7.32. The highest BCUT2D eigenvalue weighted by Crippen LogP contribution is 2.29. The van der Waals surface area contributed by atoms with E-state index in [1.54, 1.807) is 22.9 Å². The maximum atomic E-state index is 12.1. The van der Waals surface area contributed by atoms with Gasteiger partial charge in [0.25, 0.3) is 5.56 Å². The molecule has 0 bridgehead atoms. The average molecular weight is 292 g/mol. The summed E-state index contributed by atoms with van der Waals surface area (Å²) >= 11 is 0. The minimum Gasteiger partial charge on any atom is -0.314 e. The van der Waals surface area contributed by atoms with Crippen molar-refractivity contribution in [2.45, 2.75) is 47.6 Å². The molecule has 1 aromatic heterocycles. The maximum Gasteiger partial charge on any atom is 0.261 e. The number of rotatable bonds is 4. The van der Waals surface area contributed by atoms with Gasteiger partial charge in [-0.15, -0.1) is 0 Å². The Kier molecular flexibility index (Phi) is 5.90. The smallest absolute Gasteiger partial charge is 0.261 e. The molecule has 0 aliphatic carbocycles. The van der Waals surface area contributed by atoms with Gasteiger partial charge in [-0.2, -0.15) is 0 Å². The summed E-state index contributed by atoms with van der Waals surface area (Å²) in [5.41, 5.74) is 0.562. The lowest BCUT2D eigenvalue weighted by molar-refractivity contribution is 0.101. The van der Waals surface area contributed by atoms with E-state index in [0.717, 1.165) is 19.6 Å². The van der Waals surface area contributed by atoms with Crippen LogP contribution in [0, 0.1) is 5.41 Å². The molecule has 0 atom stereocenters. The Balaban J connectivity index is 0.00000220. The molecular formula is C17H28N2O2. The number of likely N-dealkylation sites (tertiary alicyclic amines) is 1. The van der Waals surface area contributed by atoms with Crippen molar-refractivity contribution in [3.05, 3.63) is 34.2 Å². The van der Waals surface area contributed by atoms with Gasteiger partial charge in [0.05, 0.1) is 5.56 Å². The summed E-state index contributed by atoms with van der Waals surface area (Å²) in [6.07, 6.45) is 4.17. The van der Waals surface area contributed by atoms with Crippen LogP contribution in [-0.2, 0) is 6.54 Å². The molecule has 1 fully saturated rings. The molecule has 0 aromatic carbocycles. The molecule has 2 rings (SSSR count). The molecule has 1 aromatic rings. The molecule has 4 nitrogen and oxygen atoms in total. The third kappa shape index (κ3) is 4.53. The van der Waals surface area contributed by atoms with Crippen molar-refractivity contribution >= 4 is 5.78 Å². The predicted octanol–water partition coefficient (Wildman–Crippen LogP) is 2.81. The van der Waals surface area contributed by atoms with Gasteiger partial charge in [0.15, 0.2) is 5.78 Å². The molecule has 0 radical (unpaired) electrons. The van der Waals surface area contributed by atoms with E-state index in [1.165, 1.54) is 19.8 Å². The summed E-state index contributed by atoms with van der Waals surface area (Å²) in [7, 11) is 0. The van der Waals surface area contributed by atoms with Gasteiger partial charge in [-0.1, -0.05) is 21.3 Å². The highest BCUT2D eigenvalue weighted by Gasteiger charge is 2.24. The molecule has 1 saturated heterocycles. The number of hydrogen-bond acceptors (Lipinski definition) is 3. The Morgan fingerprint density at radius 1 is 1.24 bits per heavy atom. The van der Waals surface area contributed by atoms with Gasteiger partial charge in [-0.3, -0.25) is 9.59 Å². The molecule has 1 aliphatic rings. The summed E-state index contributed by atoms with van der Waals surface area (Å²) in [5, 5.41) is 0. The molecule has 2 heterocycles. The third-order valence-electron chi connectivity index (χ3n) is 4.27. The standard InChI is InChI=1S/C16H24N2O2.CH4/c1-13(19)14-5-4-8-18(15(14)20)12-11-17-9-6-16(2,3)7-10-17;/h4-5,8H,6-7,9-12H2,1-3H3;1H4. The number of aromatic nitrogens is 1. The second kappa shape index (κ2) is 7.03. The van der Waals surface area contributed by atoms with Crippen LogP contribution >= 0.6 is 0 Å². The molecule has 0 spiro atoms. The monoisotopic (exact) mass is 292 g/mol. The van der Waals surface area contributed by atoms with E-state index in [4.69, 9.17) is 0 Å². The van der Waals surface area contributed by atoms with Crippen molar-refractivity contribution in [2.75, 3.05) is 19.6 Å². The lowest BCUT2D eigenvalue weighted by Crippen LogP contribution is -2.40. The lowest BCUT2D eigenvalue weighted by Gasteiger charge is -2.36. The fraction of sp³-hybridized carbons (Fsp3) is 0.647. The number of hydrogen-bond donors (Lipinski definition) is 0. The number of carbonyl (C=O) groups is 1. The van der Waals surface area contributed by atoms with Gasteiger partial charge in [-0.05, 0) is 50.4 Å². The number of nitrogens with zero attached hydrogens (tertiary/aromatic N) is 2. The van der Waals surface area contributed by atoms with Gasteiger partial charge >= 0.3 is 0 Å². The predicted molar refractivity (Wildman–Crippen MR) is 86.9 cm³/mol. The van der Waals surface area contributed by atoms with Crippen LogP contribution in [0.1, 0.15) is 51.4 Å². The van der Waals surface area contributed by atoms with Gasteiger partial charge in [0.1, 0.15) is 0 Å². The van der Waals surface area contributed by atoms with Crippen molar-refractivity contribution in [1.82, 2.24) is 9.47 Å². The van der Waals surface area contributed by atoms with E-state index in [9.17, 15) is 9.59 Å². The van der Waals surface area contributed by atoms with Crippen LogP contribution in [0.15, 0.2) is 23.1 Å². The van der Waals surface area contributed by atoms with E-state index < -0.39 is 0 Å². The molecule has 1 aliphatic heterocycles. The van der Waals surface area contributed by atoms with Crippen molar-refractivity contribution in [3.8, 4) is 0 Å². The number of carbonyl (C=O) groups excluding carboxylic acids is 1. The first-order chi connectivity index (χ1) is 9.39. The quantitative estimate of drug-likeness (QED) is 0.801. The Morgan fingerprint density at radius 3 is 2.43 bits per heavy atom. The summed E-state index contributed by atoms with van der Waals surface area (Å²) in [4.78, 5) is 25.9. The van der Waals surface area contributed by atoms with E-state index in [-0.39, 0.29) is 24.3 Å². The maximum absolute atomic E-state index is 12.1. The summed E-state index contributed by atoms with van der Waals surface area (Å²) in [6, 6.07) is 3.38. The Labute approximate surface area is 127 Å². The fourth-order valence-corrected chi connectivity index (χ4v) is 2.61. The number of ketones is 1. The van der Waals surface area contributed by atoms with Crippen LogP contribution in [-0.4, -0.2) is 34.9 Å². The molecule has 0 N–H and O–H groups in total. The van der Waals surface area contributed by atoms with Crippen molar-refractivity contribution in [1.29, 1.82) is 0 Å². The van der Waals surface area contributed by atoms with Gasteiger partial charge < -0.3 is 9.47 Å². The summed E-state index contributed by atoms with van der Waals surface area (Å²) in [5.74, 6) is -0.163. The highest BCUT2D eigenvalue weighted by molar-refractivity contribution is 5.93. The molecular weight excluding hydrogens is 264 g/mol. The number of pyridine rings is 1. The average Bonchev–Trinajstić information content (AvgIpc) is 2.38. The third-order valence-corrected chi connectivity index (χ3v) is 4.27. The normalized spacial score (nSPS) is 18.0. The van der Waals surface area contributed by atoms with Gasteiger partial charge in [-0.25, -0.2) is 0 Å². The number of Topliss-reactive ketones (excluding diaryl/α,β-unsaturated/α-hetero) is 1. The molecule has 21 heavy (non-hydrogen) atoms. The van der Waals surface area contributed by atoms with Crippen molar-refractivity contribution < 1.29 is 4.79 Å². The second-order valence-electron chi connectivity index (χ2n) is 6.48. The van der Waals surface area contributed by atoms with E-state index in [2.05, 4.69) is 18.7 Å². The Hall–Kier alpha value is -1.42. The first-order valence-electron chi connectivity index (χ1n) is 7.32. The molecule has 0 saturated carbocycles. The molecule has 4 heteroatoms. The van der Waals surface area contributed by atoms with Crippen LogP contribution in [0.3, 0.4) is 0 Å².